The van der Waals surface area contributed by atoms with Crippen LogP contribution < -0.4 is 18.9 Å². The molecule has 0 amide bonds. The number of phenolic OH excluding ortho intramolecular Hbond substituents is 1. The smallest absolute Gasteiger partial charge is 0.164 e. The number of rotatable bonds is 2. The van der Waals surface area contributed by atoms with E-state index in [1.807, 2.05) is 25.1 Å². The Kier molecular flexibility index (Phi) is 3.04. The van der Waals surface area contributed by atoms with Crippen LogP contribution in [0.15, 0.2) is 24.3 Å². The van der Waals surface area contributed by atoms with Crippen LogP contribution in [-0.4, -0.2) is 25.9 Å². The van der Waals surface area contributed by atoms with Crippen molar-refractivity contribution in [2.75, 3.05) is 20.8 Å². The van der Waals surface area contributed by atoms with E-state index < -0.39 is 0 Å². The Morgan fingerprint density at radius 1 is 1.13 bits per heavy atom. The van der Waals surface area contributed by atoms with Crippen molar-refractivity contribution in [3.63, 3.8) is 0 Å². The maximum absolute atomic E-state index is 10.3. The molecule has 2 atom stereocenters. The van der Waals surface area contributed by atoms with E-state index in [1.165, 1.54) is 7.11 Å². The second-order valence-corrected chi connectivity index (χ2v) is 5.82. The summed E-state index contributed by atoms with van der Waals surface area (Å²) in [4.78, 5) is 0. The van der Waals surface area contributed by atoms with Gasteiger partial charge in [0.25, 0.3) is 0 Å². The van der Waals surface area contributed by atoms with E-state index in [4.69, 9.17) is 18.9 Å². The molecule has 2 unspecified atom stereocenters. The van der Waals surface area contributed by atoms with E-state index in [9.17, 15) is 5.11 Å². The first kappa shape index (κ1) is 14.1. The summed E-state index contributed by atoms with van der Waals surface area (Å²) in [6, 6.07) is 7.51. The predicted octanol–water partition coefficient (Wildman–Crippen LogP) is 3.33. The summed E-state index contributed by atoms with van der Waals surface area (Å²) >= 11 is 0. The molecule has 0 radical (unpaired) electrons. The van der Waals surface area contributed by atoms with Gasteiger partial charge in [0.05, 0.1) is 26.7 Å². The minimum Gasteiger partial charge on any atom is -0.504 e. The predicted molar refractivity (Wildman–Crippen MR) is 84.0 cm³/mol. The molecule has 2 heterocycles. The quantitative estimate of drug-likeness (QED) is 0.921. The molecule has 2 aliphatic rings. The molecule has 0 fully saturated rings. The average Bonchev–Trinajstić information content (AvgIpc) is 2.96. The molecular formula is C18H18O5. The van der Waals surface area contributed by atoms with Crippen molar-refractivity contribution in [3.8, 4) is 28.7 Å². The summed E-state index contributed by atoms with van der Waals surface area (Å²) in [5.74, 6) is 2.94. The molecule has 0 bridgehead atoms. The Hall–Kier alpha value is -2.56. The van der Waals surface area contributed by atoms with Crippen LogP contribution in [0.3, 0.4) is 0 Å². The molecule has 5 heteroatoms. The van der Waals surface area contributed by atoms with E-state index in [0.717, 1.165) is 33.9 Å². The summed E-state index contributed by atoms with van der Waals surface area (Å²) in [7, 11) is 3.17. The number of hydrogen-bond donors (Lipinski definition) is 1. The Labute approximate surface area is 134 Å². The zero-order chi connectivity index (χ0) is 16.1. The van der Waals surface area contributed by atoms with Gasteiger partial charge in [0.2, 0.25) is 0 Å². The monoisotopic (exact) mass is 314 g/mol. The first-order valence-electron chi connectivity index (χ1n) is 7.52. The van der Waals surface area contributed by atoms with Gasteiger partial charge in [-0.3, -0.25) is 0 Å². The van der Waals surface area contributed by atoms with Crippen molar-refractivity contribution in [1.29, 1.82) is 0 Å². The zero-order valence-electron chi connectivity index (χ0n) is 13.3. The van der Waals surface area contributed by atoms with Gasteiger partial charge in [-0.25, -0.2) is 0 Å². The van der Waals surface area contributed by atoms with Crippen LogP contribution in [0.5, 0.6) is 28.7 Å². The van der Waals surface area contributed by atoms with E-state index in [-0.39, 0.29) is 17.8 Å². The van der Waals surface area contributed by atoms with Gasteiger partial charge in [-0.05, 0) is 19.1 Å². The first-order valence-corrected chi connectivity index (χ1v) is 7.52. The van der Waals surface area contributed by atoms with Gasteiger partial charge in [-0.2, -0.15) is 0 Å². The number of aromatic hydroxyl groups is 1. The molecule has 0 aromatic heterocycles. The Balaban J connectivity index is 1.81. The molecule has 2 aliphatic heterocycles. The van der Waals surface area contributed by atoms with Crippen LogP contribution in [0.4, 0.5) is 0 Å². The number of benzene rings is 2. The van der Waals surface area contributed by atoms with Gasteiger partial charge in [-0.1, -0.05) is 0 Å². The summed E-state index contributed by atoms with van der Waals surface area (Å²) in [5.41, 5.74) is 2.78. The lowest BCUT2D eigenvalue weighted by Crippen LogP contribution is -2.23. The SMILES string of the molecule is COc1ccc2c(c1)OCC1c3c(cc(OC)c(O)c3C)OC21. The van der Waals surface area contributed by atoms with E-state index in [1.54, 1.807) is 13.2 Å². The second-order valence-electron chi connectivity index (χ2n) is 5.82. The summed E-state index contributed by atoms with van der Waals surface area (Å²) in [6.07, 6.45) is -0.120. The normalized spacial score (nSPS) is 20.7. The zero-order valence-corrected chi connectivity index (χ0v) is 13.3. The Bertz CT molecular complexity index is 783. The van der Waals surface area contributed by atoms with Crippen molar-refractivity contribution >= 4 is 0 Å². The van der Waals surface area contributed by atoms with Crippen molar-refractivity contribution in [2.45, 2.75) is 18.9 Å². The first-order chi connectivity index (χ1) is 11.1. The van der Waals surface area contributed by atoms with Crippen molar-refractivity contribution in [1.82, 2.24) is 0 Å². The standard InChI is InChI=1S/C18H18O5/c1-9-16-12-8-22-13-6-10(20-2)4-5-11(13)18(12)23-14(16)7-15(21-3)17(9)19/h4-7,12,18-19H,8H2,1-3H3. The van der Waals surface area contributed by atoms with Gasteiger partial charge < -0.3 is 24.1 Å². The van der Waals surface area contributed by atoms with Gasteiger partial charge in [0.15, 0.2) is 11.5 Å². The van der Waals surface area contributed by atoms with E-state index in [2.05, 4.69) is 0 Å². The topological polar surface area (TPSA) is 57.2 Å². The van der Waals surface area contributed by atoms with Crippen molar-refractivity contribution in [3.05, 3.63) is 41.0 Å². The van der Waals surface area contributed by atoms with Gasteiger partial charge in [0, 0.05) is 28.8 Å². The molecule has 0 spiro atoms. The van der Waals surface area contributed by atoms with Gasteiger partial charge in [-0.15, -0.1) is 0 Å². The fraction of sp³-hybridized carbons (Fsp3) is 0.333. The Morgan fingerprint density at radius 2 is 1.96 bits per heavy atom. The van der Waals surface area contributed by atoms with Crippen LogP contribution in [0, 0.1) is 6.92 Å². The van der Waals surface area contributed by atoms with Crippen molar-refractivity contribution in [2.24, 2.45) is 0 Å². The number of ether oxygens (including phenoxy) is 4. The number of hydrogen-bond acceptors (Lipinski definition) is 5. The molecule has 4 rings (SSSR count). The molecule has 5 nitrogen and oxygen atoms in total. The number of methoxy groups -OCH3 is 2. The number of phenols is 1. The molecule has 120 valence electrons. The van der Waals surface area contributed by atoms with Crippen LogP contribution in [-0.2, 0) is 0 Å². The molecule has 2 aromatic rings. The summed E-state index contributed by atoms with van der Waals surface area (Å²) in [5, 5.41) is 10.3. The summed E-state index contributed by atoms with van der Waals surface area (Å²) in [6.45, 7) is 2.39. The molecule has 2 aromatic carbocycles. The highest BCUT2D eigenvalue weighted by Crippen LogP contribution is 2.55. The molecule has 0 aliphatic carbocycles. The Morgan fingerprint density at radius 3 is 2.70 bits per heavy atom. The van der Waals surface area contributed by atoms with Gasteiger partial charge >= 0.3 is 0 Å². The average molecular weight is 314 g/mol. The lowest BCUT2D eigenvalue weighted by Gasteiger charge is -2.28. The van der Waals surface area contributed by atoms with Crippen LogP contribution >= 0.6 is 0 Å². The third kappa shape index (κ3) is 1.92. The minimum atomic E-state index is -0.120. The molecular weight excluding hydrogens is 296 g/mol. The minimum absolute atomic E-state index is 0.0581. The lowest BCUT2D eigenvalue weighted by atomic mass is 9.87. The van der Waals surface area contributed by atoms with E-state index >= 15 is 0 Å². The number of fused-ring (bicyclic) bond motifs is 5. The third-order valence-electron chi connectivity index (χ3n) is 4.68. The maximum Gasteiger partial charge on any atom is 0.164 e. The third-order valence-corrected chi connectivity index (χ3v) is 4.68. The van der Waals surface area contributed by atoms with Crippen LogP contribution in [0.25, 0.3) is 0 Å². The maximum atomic E-state index is 10.3. The highest BCUT2D eigenvalue weighted by atomic mass is 16.5. The van der Waals surface area contributed by atoms with Gasteiger partial charge in [0.1, 0.15) is 23.4 Å². The lowest BCUT2D eigenvalue weighted by molar-refractivity contribution is 0.139. The highest BCUT2D eigenvalue weighted by molar-refractivity contribution is 5.61. The highest BCUT2D eigenvalue weighted by Gasteiger charge is 2.42. The fourth-order valence-electron chi connectivity index (χ4n) is 3.48. The largest absolute Gasteiger partial charge is 0.504 e. The van der Waals surface area contributed by atoms with Crippen LogP contribution in [0.1, 0.15) is 28.7 Å². The van der Waals surface area contributed by atoms with E-state index in [0.29, 0.717) is 12.4 Å². The molecule has 0 saturated carbocycles. The van der Waals surface area contributed by atoms with Crippen LogP contribution in [0.2, 0.25) is 0 Å². The second kappa shape index (κ2) is 4.98. The molecule has 1 N–H and O–H groups in total. The molecule has 0 saturated heterocycles. The molecule has 23 heavy (non-hydrogen) atoms. The van der Waals surface area contributed by atoms with Crippen molar-refractivity contribution < 1.29 is 24.1 Å². The summed E-state index contributed by atoms with van der Waals surface area (Å²) < 4.78 is 22.6. The fourth-order valence-corrected chi connectivity index (χ4v) is 3.48.